The Bertz CT molecular complexity index is 607. The molecule has 2 aromatic rings. The standard InChI is InChI=1S/C16H15NO2/c18-16(19)13-6-7-14-11-17(9-8-12(14)10-13)15-4-2-1-3-5-15/h1-7,10H,8-9,11H2,(H,18,19). The lowest BCUT2D eigenvalue weighted by Crippen LogP contribution is -2.30. The summed E-state index contributed by atoms with van der Waals surface area (Å²) in [5.41, 5.74) is 3.98. The molecule has 0 radical (unpaired) electrons. The summed E-state index contributed by atoms with van der Waals surface area (Å²) >= 11 is 0. The van der Waals surface area contributed by atoms with E-state index in [-0.39, 0.29) is 0 Å². The zero-order valence-corrected chi connectivity index (χ0v) is 10.5. The van der Waals surface area contributed by atoms with Crippen molar-refractivity contribution in [3.05, 3.63) is 65.2 Å². The molecule has 96 valence electrons. The van der Waals surface area contributed by atoms with Crippen LogP contribution in [0.15, 0.2) is 48.5 Å². The van der Waals surface area contributed by atoms with E-state index in [1.807, 2.05) is 24.3 Å². The number of fused-ring (bicyclic) bond motifs is 1. The van der Waals surface area contributed by atoms with Crippen LogP contribution in [-0.4, -0.2) is 17.6 Å². The van der Waals surface area contributed by atoms with Gasteiger partial charge in [0, 0.05) is 18.8 Å². The lowest BCUT2D eigenvalue weighted by molar-refractivity contribution is 0.0696. The van der Waals surface area contributed by atoms with Crippen LogP contribution in [0.5, 0.6) is 0 Å². The van der Waals surface area contributed by atoms with Gasteiger partial charge in [-0.1, -0.05) is 24.3 Å². The normalized spacial score (nSPS) is 14.0. The van der Waals surface area contributed by atoms with E-state index < -0.39 is 5.97 Å². The SMILES string of the molecule is O=C(O)c1ccc2c(c1)CCN(c1ccccc1)C2. The number of anilines is 1. The summed E-state index contributed by atoms with van der Waals surface area (Å²) in [6.45, 7) is 1.78. The highest BCUT2D eigenvalue weighted by atomic mass is 16.4. The Kier molecular flexibility index (Phi) is 2.95. The molecule has 0 saturated carbocycles. The Morgan fingerprint density at radius 1 is 1.05 bits per heavy atom. The molecular weight excluding hydrogens is 238 g/mol. The van der Waals surface area contributed by atoms with Crippen LogP contribution in [0.3, 0.4) is 0 Å². The monoisotopic (exact) mass is 253 g/mol. The Balaban J connectivity index is 1.87. The molecule has 0 atom stereocenters. The minimum absolute atomic E-state index is 0.381. The molecule has 1 aliphatic rings. The smallest absolute Gasteiger partial charge is 0.335 e. The molecule has 0 unspecified atom stereocenters. The molecule has 0 amide bonds. The van der Waals surface area contributed by atoms with Crippen molar-refractivity contribution in [3.8, 4) is 0 Å². The molecule has 1 aliphatic heterocycles. The quantitative estimate of drug-likeness (QED) is 0.894. The molecule has 1 heterocycles. The Labute approximate surface area is 112 Å². The van der Waals surface area contributed by atoms with Crippen molar-refractivity contribution in [1.82, 2.24) is 0 Å². The van der Waals surface area contributed by atoms with Gasteiger partial charge in [-0.3, -0.25) is 0 Å². The molecule has 3 heteroatoms. The molecule has 0 fully saturated rings. The third kappa shape index (κ3) is 2.32. The third-order valence-electron chi connectivity index (χ3n) is 3.59. The number of hydrogen-bond donors (Lipinski definition) is 1. The lowest BCUT2D eigenvalue weighted by Gasteiger charge is -2.30. The number of benzene rings is 2. The van der Waals surface area contributed by atoms with Gasteiger partial charge < -0.3 is 10.0 Å². The lowest BCUT2D eigenvalue weighted by atomic mass is 9.97. The van der Waals surface area contributed by atoms with E-state index in [1.54, 1.807) is 12.1 Å². The summed E-state index contributed by atoms with van der Waals surface area (Å²) in [4.78, 5) is 13.3. The molecule has 19 heavy (non-hydrogen) atoms. The Morgan fingerprint density at radius 2 is 1.84 bits per heavy atom. The van der Waals surface area contributed by atoms with E-state index in [0.29, 0.717) is 5.56 Å². The molecule has 0 saturated heterocycles. The highest BCUT2D eigenvalue weighted by molar-refractivity contribution is 5.88. The van der Waals surface area contributed by atoms with E-state index in [0.717, 1.165) is 25.1 Å². The first-order valence-corrected chi connectivity index (χ1v) is 6.39. The Morgan fingerprint density at radius 3 is 2.58 bits per heavy atom. The number of carboxylic acids is 1. The number of para-hydroxylation sites is 1. The highest BCUT2D eigenvalue weighted by Crippen LogP contribution is 2.25. The van der Waals surface area contributed by atoms with Crippen LogP contribution >= 0.6 is 0 Å². The van der Waals surface area contributed by atoms with E-state index >= 15 is 0 Å². The fraction of sp³-hybridized carbons (Fsp3) is 0.188. The molecule has 0 aromatic heterocycles. The first kappa shape index (κ1) is 11.8. The van der Waals surface area contributed by atoms with Gasteiger partial charge in [0.25, 0.3) is 0 Å². The van der Waals surface area contributed by atoms with Crippen molar-refractivity contribution in [3.63, 3.8) is 0 Å². The van der Waals surface area contributed by atoms with Crippen molar-refractivity contribution in [2.24, 2.45) is 0 Å². The van der Waals surface area contributed by atoms with Crippen LogP contribution in [0.25, 0.3) is 0 Å². The maximum atomic E-state index is 11.0. The molecule has 3 rings (SSSR count). The summed E-state index contributed by atoms with van der Waals surface area (Å²) in [5, 5.41) is 9.01. The van der Waals surface area contributed by atoms with Gasteiger partial charge in [0.1, 0.15) is 0 Å². The molecule has 0 aliphatic carbocycles. The highest BCUT2D eigenvalue weighted by Gasteiger charge is 2.17. The van der Waals surface area contributed by atoms with E-state index in [9.17, 15) is 4.79 Å². The average Bonchev–Trinajstić information content (AvgIpc) is 2.47. The van der Waals surface area contributed by atoms with Gasteiger partial charge in [-0.25, -0.2) is 4.79 Å². The zero-order valence-electron chi connectivity index (χ0n) is 10.5. The minimum Gasteiger partial charge on any atom is -0.478 e. The zero-order chi connectivity index (χ0) is 13.2. The predicted octanol–water partition coefficient (Wildman–Crippen LogP) is 2.95. The molecule has 3 nitrogen and oxygen atoms in total. The second kappa shape index (κ2) is 4.76. The maximum Gasteiger partial charge on any atom is 0.335 e. The van der Waals surface area contributed by atoms with Gasteiger partial charge in [-0.05, 0) is 41.8 Å². The largest absolute Gasteiger partial charge is 0.478 e. The van der Waals surface area contributed by atoms with Crippen molar-refractivity contribution in [2.45, 2.75) is 13.0 Å². The summed E-state index contributed by atoms with van der Waals surface area (Å²) in [7, 11) is 0. The van der Waals surface area contributed by atoms with Crippen LogP contribution in [-0.2, 0) is 13.0 Å². The molecule has 0 bridgehead atoms. The first-order valence-electron chi connectivity index (χ1n) is 6.39. The number of carboxylic acid groups (broad SMARTS) is 1. The third-order valence-corrected chi connectivity index (χ3v) is 3.59. The van der Waals surface area contributed by atoms with Gasteiger partial charge in [0.05, 0.1) is 5.56 Å². The van der Waals surface area contributed by atoms with Gasteiger partial charge in [0.15, 0.2) is 0 Å². The van der Waals surface area contributed by atoms with E-state index in [1.165, 1.54) is 11.3 Å². The molecule has 0 spiro atoms. The summed E-state index contributed by atoms with van der Waals surface area (Å²) in [6, 6.07) is 15.7. The number of hydrogen-bond acceptors (Lipinski definition) is 2. The predicted molar refractivity (Wildman–Crippen MR) is 74.6 cm³/mol. The fourth-order valence-electron chi connectivity index (χ4n) is 2.55. The van der Waals surface area contributed by atoms with Gasteiger partial charge >= 0.3 is 5.97 Å². The van der Waals surface area contributed by atoms with Crippen LogP contribution in [0.1, 0.15) is 21.5 Å². The topological polar surface area (TPSA) is 40.5 Å². The molecule has 2 aromatic carbocycles. The molecule has 1 N–H and O–H groups in total. The fourth-order valence-corrected chi connectivity index (χ4v) is 2.55. The number of aromatic carboxylic acids is 1. The molecular formula is C16H15NO2. The van der Waals surface area contributed by atoms with Crippen molar-refractivity contribution in [1.29, 1.82) is 0 Å². The van der Waals surface area contributed by atoms with Crippen LogP contribution in [0.2, 0.25) is 0 Å². The minimum atomic E-state index is -0.853. The second-order valence-electron chi connectivity index (χ2n) is 4.80. The first-order chi connectivity index (χ1) is 9.24. The van der Waals surface area contributed by atoms with E-state index in [2.05, 4.69) is 17.0 Å². The second-order valence-corrected chi connectivity index (χ2v) is 4.80. The maximum absolute atomic E-state index is 11.0. The number of carbonyl (C=O) groups is 1. The van der Waals surface area contributed by atoms with E-state index in [4.69, 9.17) is 5.11 Å². The Hall–Kier alpha value is -2.29. The van der Waals surface area contributed by atoms with Gasteiger partial charge in [-0.15, -0.1) is 0 Å². The van der Waals surface area contributed by atoms with Crippen LogP contribution in [0.4, 0.5) is 5.69 Å². The van der Waals surface area contributed by atoms with Crippen molar-refractivity contribution >= 4 is 11.7 Å². The summed E-state index contributed by atoms with van der Waals surface area (Å²) < 4.78 is 0. The number of rotatable bonds is 2. The van der Waals surface area contributed by atoms with Crippen molar-refractivity contribution < 1.29 is 9.90 Å². The van der Waals surface area contributed by atoms with Crippen LogP contribution in [0, 0.1) is 0 Å². The summed E-state index contributed by atoms with van der Waals surface area (Å²) in [5.74, 6) is -0.853. The number of nitrogens with zero attached hydrogens (tertiary/aromatic N) is 1. The van der Waals surface area contributed by atoms with Gasteiger partial charge in [0.2, 0.25) is 0 Å². The van der Waals surface area contributed by atoms with Gasteiger partial charge in [-0.2, -0.15) is 0 Å². The average molecular weight is 253 g/mol. The summed E-state index contributed by atoms with van der Waals surface area (Å²) in [6.07, 6.45) is 0.894. The van der Waals surface area contributed by atoms with Crippen LogP contribution < -0.4 is 4.90 Å². The van der Waals surface area contributed by atoms with Crippen molar-refractivity contribution in [2.75, 3.05) is 11.4 Å².